The first-order chi connectivity index (χ1) is 12.9. The van der Waals surface area contributed by atoms with Gasteiger partial charge in [0.25, 0.3) is 5.91 Å². The molecule has 1 fully saturated rings. The summed E-state index contributed by atoms with van der Waals surface area (Å²) in [6.45, 7) is 1.84. The lowest BCUT2D eigenvalue weighted by atomic mass is 9.92. The fourth-order valence-corrected chi connectivity index (χ4v) is 4.03. The largest absolute Gasteiger partial charge is 0.325 e. The lowest BCUT2D eigenvalue weighted by Gasteiger charge is -2.24. The smallest absolute Gasteiger partial charge is 0.319 e. The summed E-state index contributed by atoms with van der Waals surface area (Å²) < 4.78 is 0. The Hall–Kier alpha value is -2.86. The fraction of sp³-hybridized carbons (Fsp3) is 0.250. The molecular formula is C20H18ClN3O3. The molecule has 4 rings (SSSR count). The predicted molar refractivity (Wildman–Crippen MR) is 102 cm³/mol. The van der Waals surface area contributed by atoms with Gasteiger partial charge in [0, 0.05) is 22.8 Å². The second-order valence-corrected chi connectivity index (χ2v) is 7.26. The second-order valence-electron chi connectivity index (χ2n) is 6.85. The van der Waals surface area contributed by atoms with E-state index in [1.807, 2.05) is 24.3 Å². The number of benzene rings is 2. The zero-order valence-corrected chi connectivity index (χ0v) is 15.5. The monoisotopic (exact) mass is 383 g/mol. The van der Waals surface area contributed by atoms with E-state index in [4.69, 9.17) is 11.6 Å². The van der Waals surface area contributed by atoms with Crippen LogP contribution in [0.25, 0.3) is 0 Å². The first-order valence-electron chi connectivity index (χ1n) is 8.69. The molecule has 0 saturated carbocycles. The number of imide groups is 1. The first kappa shape index (κ1) is 17.5. The molecule has 2 aliphatic rings. The van der Waals surface area contributed by atoms with Gasteiger partial charge < -0.3 is 10.2 Å². The molecule has 0 bridgehead atoms. The molecule has 0 unspecified atom stereocenters. The predicted octanol–water partition coefficient (Wildman–Crippen LogP) is 2.70. The van der Waals surface area contributed by atoms with Crippen LogP contribution in [0.3, 0.4) is 0 Å². The number of amides is 4. The highest BCUT2D eigenvalue weighted by molar-refractivity contribution is 6.32. The lowest BCUT2D eigenvalue weighted by Crippen LogP contribution is -2.44. The minimum Gasteiger partial charge on any atom is -0.319 e. The lowest BCUT2D eigenvalue weighted by molar-refractivity contribution is -0.134. The van der Waals surface area contributed by atoms with E-state index < -0.39 is 17.5 Å². The number of para-hydroxylation sites is 1. The molecule has 0 radical (unpaired) electrons. The maximum Gasteiger partial charge on any atom is 0.325 e. The fourth-order valence-electron chi connectivity index (χ4n) is 3.71. The molecule has 7 heteroatoms. The minimum absolute atomic E-state index is 0.285. The molecule has 2 aromatic rings. The Bertz CT molecular complexity index is 961. The average Bonchev–Trinajstić information content (AvgIpc) is 3.17. The van der Waals surface area contributed by atoms with Crippen molar-refractivity contribution in [2.24, 2.45) is 0 Å². The zero-order valence-electron chi connectivity index (χ0n) is 14.7. The van der Waals surface area contributed by atoms with E-state index in [0.717, 1.165) is 22.6 Å². The number of nitrogens with zero attached hydrogens (tertiary/aromatic N) is 2. The van der Waals surface area contributed by atoms with E-state index in [9.17, 15) is 14.4 Å². The molecular weight excluding hydrogens is 366 g/mol. The van der Waals surface area contributed by atoms with Gasteiger partial charge >= 0.3 is 6.03 Å². The third-order valence-electron chi connectivity index (χ3n) is 5.17. The zero-order chi connectivity index (χ0) is 19.2. The summed E-state index contributed by atoms with van der Waals surface area (Å²) in [5.74, 6) is -0.770. The third-order valence-corrected chi connectivity index (χ3v) is 5.50. The molecule has 0 aliphatic carbocycles. The molecule has 1 atom stereocenters. The van der Waals surface area contributed by atoms with Crippen molar-refractivity contribution in [3.8, 4) is 0 Å². The highest BCUT2D eigenvalue weighted by Gasteiger charge is 2.50. The Labute approximate surface area is 161 Å². The first-order valence-corrected chi connectivity index (χ1v) is 9.07. The molecule has 2 aromatic carbocycles. The van der Waals surface area contributed by atoms with Crippen LogP contribution >= 0.6 is 11.6 Å². The van der Waals surface area contributed by atoms with E-state index in [-0.39, 0.29) is 12.5 Å². The maximum atomic E-state index is 13.0. The second kappa shape index (κ2) is 6.39. The number of rotatable bonds is 3. The number of carbonyl (C=O) groups is 3. The molecule has 138 valence electrons. The number of urea groups is 1. The quantitative estimate of drug-likeness (QED) is 0.828. The molecule has 1 saturated heterocycles. The average molecular weight is 384 g/mol. The summed E-state index contributed by atoms with van der Waals surface area (Å²) in [5, 5.41) is 3.07. The van der Waals surface area contributed by atoms with Crippen LogP contribution in [-0.2, 0) is 21.5 Å². The van der Waals surface area contributed by atoms with Crippen LogP contribution in [0.5, 0.6) is 0 Å². The van der Waals surface area contributed by atoms with Gasteiger partial charge in [-0.05, 0) is 31.0 Å². The van der Waals surface area contributed by atoms with Gasteiger partial charge in [0.2, 0.25) is 5.91 Å². The Morgan fingerprint density at radius 2 is 1.85 bits per heavy atom. The van der Waals surface area contributed by atoms with Crippen molar-refractivity contribution in [3.05, 3.63) is 64.7 Å². The molecule has 27 heavy (non-hydrogen) atoms. The summed E-state index contributed by atoms with van der Waals surface area (Å²) in [6, 6.07) is 13.9. The van der Waals surface area contributed by atoms with Crippen molar-refractivity contribution >= 4 is 35.1 Å². The molecule has 0 spiro atoms. The Balaban J connectivity index is 1.57. The topological polar surface area (TPSA) is 69.7 Å². The van der Waals surface area contributed by atoms with Crippen LogP contribution in [0.2, 0.25) is 5.02 Å². The number of hydrogen-bond acceptors (Lipinski definition) is 3. The normalized spacial score (nSPS) is 21.4. The van der Waals surface area contributed by atoms with Crippen molar-refractivity contribution in [2.45, 2.75) is 18.9 Å². The van der Waals surface area contributed by atoms with Crippen molar-refractivity contribution in [2.75, 3.05) is 18.0 Å². The van der Waals surface area contributed by atoms with Crippen LogP contribution in [0.1, 0.15) is 18.1 Å². The minimum atomic E-state index is -1.29. The highest BCUT2D eigenvalue weighted by Crippen LogP contribution is 2.34. The summed E-state index contributed by atoms with van der Waals surface area (Å²) in [5.41, 5.74) is 1.14. The number of nitrogens with one attached hydrogen (secondary N) is 1. The molecule has 4 amide bonds. The molecule has 0 aromatic heterocycles. The maximum absolute atomic E-state index is 13.0. The van der Waals surface area contributed by atoms with Gasteiger partial charge in [0.15, 0.2) is 0 Å². The standard InChI is InChI=1S/C20H18ClN3O3/c1-20(14-7-3-4-8-15(14)21)18(26)24(19(27)22-20)12-17(25)23-11-10-13-6-2-5-9-16(13)23/h2-9H,10-12H2,1H3,(H,22,27)/t20-/m1/s1. The van der Waals surface area contributed by atoms with Gasteiger partial charge in [-0.3, -0.25) is 14.5 Å². The number of fused-ring (bicyclic) bond motifs is 1. The molecule has 2 heterocycles. The van der Waals surface area contributed by atoms with Gasteiger partial charge in [0.1, 0.15) is 12.1 Å². The van der Waals surface area contributed by atoms with Crippen LogP contribution in [0.15, 0.2) is 48.5 Å². The molecule has 1 N–H and O–H groups in total. The molecule has 6 nitrogen and oxygen atoms in total. The van der Waals surface area contributed by atoms with Gasteiger partial charge in [-0.25, -0.2) is 4.79 Å². The highest BCUT2D eigenvalue weighted by atomic mass is 35.5. The number of hydrogen-bond donors (Lipinski definition) is 1. The van der Waals surface area contributed by atoms with E-state index in [1.54, 1.807) is 36.1 Å². The van der Waals surface area contributed by atoms with E-state index in [0.29, 0.717) is 17.1 Å². The van der Waals surface area contributed by atoms with Crippen LogP contribution in [0, 0.1) is 0 Å². The van der Waals surface area contributed by atoms with Crippen molar-refractivity contribution in [1.29, 1.82) is 0 Å². The summed E-state index contributed by atoms with van der Waals surface area (Å²) in [6.07, 6.45) is 0.763. The van der Waals surface area contributed by atoms with Crippen molar-refractivity contribution in [3.63, 3.8) is 0 Å². The third kappa shape index (κ3) is 2.77. The van der Waals surface area contributed by atoms with E-state index in [1.165, 1.54) is 0 Å². The van der Waals surface area contributed by atoms with E-state index >= 15 is 0 Å². The van der Waals surface area contributed by atoms with E-state index in [2.05, 4.69) is 5.32 Å². The summed E-state index contributed by atoms with van der Waals surface area (Å²) in [7, 11) is 0. The number of anilines is 1. The summed E-state index contributed by atoms with van der Waals surface area (Å²) >= 11 is 6.22. The van der Waals surface area contributed by atoms with Crippen molar-refractivity contribution < 1.29 is 14.4 Å². The number of carbonyl (C=O) groups excluding carboxylic acids is 3. The van der Waals surface area contributed by atoms with Gasteiger partial charge in [-0.1, -0.05) is 48.0 Å². The Morgan fingerprint density at radius 3 is 2.63 bits per heavy atom. The van der Waals surface area contributed by atoms with Crippen LogP contribution in [-0.4, -0.2) is 35.8 Å². The van der Waals surface area contributed by atoms with Crippen LogP contribution in [0.4, 0.5) is 10.5 Å². The van der Waals surface area contributed by atoms with Gasteiger partial charge in [-0.2, -0.15) is 0 Å². The molecule has 2 aliphatic heterocycles. The number of halogens is 1. The van der Waals surface area contributed by atoms with Crippen molar-refractivity contribution in [1.82, 2.24) is 10.2 Å². The Morgan fingerprint density at radius 1 is 1.15 bits per heavy atom. The van der Waals surface area contributed by atoms with Gasteiger partial charge in [-0.15, -0.1) is 0 Å². The Kier molecular flexibility index (Phi) is 4.15. The van der Waals surface area contributed by atoms with Crippen LogP contribution < -0.4 is 10.2 Å². The SMILES string of the molecule is C[C@]1(c2ccccc2Cl)NC(=O)N(CC(=O)N2CCc3ccccc32)C1=O. The summed E-state index contributed by atoms with van der Waals surface area (Å²) in [4.78, 5) is 40.8. The van der Waals surface area contributed by atoms with Gasteiger partial charge in [0.05, 0.1) is 0 Å².